The van der Waals surface area contributed by atoms with Crippen LogP contribution in [-0.2, 0) is 22.4 Å². The maximum atomic E-state index is 13.4. The Balaban J connectivity index is 1.73. The highest BCUT2D eigenvalue weighted by atomic mass is 16.6. The van der Waals surface area contributed by atoms with E-state index in [1.165, 1.54) is 0 Å². The number of ether oxygens (including phenoxy) is 2. The first kappa shape index (κ1) is 23.5. The molecule has 178 valence electrons. The second-order valence-electron chi connectivity index (χ2n) is 9.60. The molecule has 0 saturated carbocycles. The van der Waals surface area contributed by atoms with Crippen LogP contribution >= 0.6 is 0 Å². The number of fused-ring (bicyclic) bond motifs is 3. The van der Waals surface area contributed by atoms with Gasteiger partial charge in [0.1, 0.15) is 16.9 Å². The lowest BCUT2D eigenvalue weighted by molar-refractivity contribution is -0.136. The molecule has 0 bridgehead atoms. The largest absolute Gasteiger partial charge is 0.444 e. The van der Waals surface area contributed by atoms with Gasteiger partial charge in [-0.15, -0.1) is 0 Å². The second kappa shape index (κ2) is 9.33. The summed E-state index contributed by atoms with van der Waals surface area (Å²) in [6.07, 6.45) is 2.49. The summed E-state index contributed by atoms with van der Waals surface area (Å²) in [7, 11) is 0. The highest BCUT2D eigenvalue weighted by Crippen LogP contribution is 2.35. The summed E-state index contributed by atoms with van der Waals surface area (Å²) in [5.74, 6) is -0.353. The molecule has 1 aliphatic carbocycles. The molecular formula is C27H29NO6. The zero-order chi connectivity index (χ0) is 24.5. The van der Waals surface area contributed by atoms with E-state index in [9.17, 15) is 14.4 Å². The van der Waals surface area contributed by atoms with Crippen molar-refractivity contribution in [2.24, 2.45) is 0 Å². The van der Waals surface area contributed by atoms with Crippen LogP contribution in [0.3, 0.4) is 0 Å². The number of hydrogen-bond acceptors (Lipinski definition) is 6. The first-order valence-electron chi connectivity index (χ1n) is 11.5. The third-order valence-electron chi connectivity index (χ3n) is 5.67. The number of carbonyl (C=O) groups excluding carboxylic acids is 2. The SMILES string of the molecule is Cc1cc(OC(=O)C(NC(=O)OC(C)(C)C)c2ccccc2)c2c3c(c(=O)oc2c1)CCCC3. The van der Waals surface area contributed by atoms with Crippen LogP contribution in [-0.4, -0.2) is 17.7 Å². The first-order chi connectivity index (χ1) is 16.1. The predicted octanol–water partition coefficient (Wildman–Crippen LogP) is 5.15. The lowest BCUT2D eigenvalue weighted by Gasteiger charge is -2.23. The molecule has 1 aromatic heterocycles. The quantitative estimate of drug-likeness (QED) is 0.327. The van der Waals surface area contributed by atoms with Gasteiger partial charge in [-0.2, -0.15) is 0 Å². The number of amides is 1. The molecular weight excluding hydrogens is 434 g/mol. The van der Waals surface area contributed by atoms with Gasteiger partial charge in [-0.1, -0.05) is 30.3 Å². The predicted molar refractivity (Wildman–Crippen MR) is 128 cm³/mol. The maximum absolute atomic E-state index is 13.4. The van der Waals surface area contributed by atoms with Gasteiger partial charge in [-0.3, -0.25) is 0 Å². The number of rotatable bonds is 4. The Morgan fingerprint density at radius 2 is 1.71 bits per heavy atom. The summed E-state index contributed by atoms with van der Waals surface area (Å²) >= 11 is 0. The van der Waals surface area contributed by atoms with Crippen LogP contribution in [0.1, 0.15) is 61.9 Å². The summed E-state index contributed by atoms with van der Waals surface area (Å²) < 4.78 is 16.8. The van der Waals surface area contributed by atoms with Gasteiger partial charge in [0.05, 0.1) is 5.39 Å². The van der Waals surface area contributed by atoms with Crippen molar-refractivity contribution in [1.82, 2.24) is 5.32 Å². The molecule has 1 heterocycles. The van der Waals surface area contributed by atoms with Crippen molar-refractivity contribution >= 4 is 23.0 Å². The zero-order valence-corrected chi connectivity index (χ0v) is 19.9. The number of esters is 1. The van der Waals surface area contributed by atoms with Crippen LogP contribution in [0.4, 0.5) is 4.79 Å². The Morgan fingerprint density at radius 3 is 2.38 bits per heavy atom. The molecule has 7 heteroatoms. The third-order valence-corrected chi connectivity index (χ3v) is 5.67. The van der Waals surface area contributed by atoms with Gasteiger partial charge < -0.3 is 19.2 Å². The average molecular weight is 464 g/mol. The van der Waals surface area contributed by atoms with Gasteiger partial charge in [0.25, 0.3) is 0 Å². The van der Waals surface area contributed by atoms with Crippen molar-refractivity contribution in [3.63, 3.8) is 0 Å². The van der Waals surface area contributed by atoms with E-state index in [0.717, 1.165) is 24.0 Å². The molecule has 7 nitrogen and oxygen atoms in total. The normalized spacial score (nSPS) is 14.2. The van der Waals surface area contributed by atoms with E-state index < -0.39 is 23.7 Å². The number of hydrogen-bond donors (Lipinski definition) is 1. The molecule has 0 aliphatic heterocycles. The fourth-order valence-corrected chi connectivity index (χ4v) is 4.26. The van der Waals surface area contributed by atoms with Crippen LogP contribution in [0.5, 0.6) is 5.75 Å². The van der Waals surface area contributed by atoms with Crippen molar-refractivity contribution in [2.45, 2.75) is 65.0 Å². The lowest BCUT2D eigenvalue weighted by Crippen LogP contribution is -2.39. The summed E-state index contributed by atoms with van der Waals surface area (Å²) in [4.78, 5) is 38.4. The summed E-state index contributed by atoms with van der Waals surface area (Å²) in [5, 5.41) is 3.27. The number of alkyl carbamates (subject to hydrolysis) is 1. The molecule has 1 unspecified atom stereocenters. The highest BCUT2D eigenvalue weighted by Gasteiger charge is 2.29. The molecule has 1 amide bonds. The molecule has 0 saturated heterocycles. The van der Waals surface area contributed by atoms with E-state index in [2.05, 4.69) is 5.32 Å². The standard InChI is InChI=1S/C27H29NO6/c1-16-14-20-22(18-12-8-9-13-19(18)24(29)32-20)21(15-16)33-25(30)23(17-10-6-5-7-11-17)28-26(31)34-27(2,3)4/h5-7,10-11,14-15,23H,8-9,12-13H2,1-4H3,(H,28,31). The Bertz CT molecular complexity index is 1290. The zero-order valence-electron chi connectivity index (χ0n) is 19.9. The lowest BCUT2D eigenvalue weighted by atomic mass is 9.90. The van der Waals surface area contributed by atoms with Crippen LogP contribution < -0.4 is 15.7 Å². The fraction of sp³-hybridized carbons (Fsp3) is 0.370. The Kier molecular flexibility index (Phi) is 6.46. The third kappa shape index (κ3) is 5.14. The minimum atomic E-state index is -1.09. The Labute approximate surface area is 198 Å². The van der Waals surface area contributed by atoms with E-state index >= 15 is 0 Å². The first-order valence-corrected chi connectivity index (χ1v) is 11.5. The summed E-state index contributed by atoms with van der Waals surface area (Å²) in [6, 6.07) is 11.3. The number of benzene rings is 2. The number of carbonyl (C=O) groups is 2. The molecule has 1 N–H and O–H groups in total. The minimum absolute atomic E-state index is 0.314. The Morgan fingerprint density at radius 1 is 1.03 bits per heavy atom. The van der Waals surface area contributed by atoms with Gasteiger partial charge in [0.2, 0.25) is 0 Å². The van der Waals surface area contributed by atoms with Crippen LogP contribution in [0.15, 0.2) is 51.7 Å². The number of nitrogens with one attached hydrogen (secondary N) is 1. The Hall–Kier alpha value is -3.61. The van der Waals surface area contributed by atoms with Crippen molar-refractivity contribution in [3.05, 3.63) is 75.1 Å². The van der Waals surface area contributed by atoms with Gasteiger partial charge in [-0.25, -0.2) is 14.4 Å². The highest BCUT2D eigenvalue weighted by molar-refractivity contribution is 5.92. The summed E-state index contributed by atoms with van der Waals surface area (Å²) in [6.45, 7) is 7.08. The maximum Gasteiger partial charge on any atom is 0.408 e. The van der Waals surface area contributed by atoms with E-state index in [-0.39, 0.29) is 5.63 Å². The van der Waals surface area contributed by atoms with Gasteiger partial charge in [0, 0.05) is 5.56 Å². The molecule has 3 aromatic rings. The topological polar surface area (TPSA) is 94.8 Å². The molecule has 4 rings (SSSR count). The number of aryl methyl sites for hydroxylation is 2. The van der Waals surface area contributed by atoms with E-state index in [0.29, 0.717) is 40.7 Å². The van der Waals surface area contributed by atoms with E-state index in [1.807, 2.05) is 13.0 Å². The molecule has 2 aromatic carbocycles. The fourth-order valence-electron chi connectivity index (χ4n) is 4.26. The smallest absolute Gasteiger partial charge is 0.408 e. The molecule has 0 spiro atoms. The molecule has 34 heavy (non-hydrogen) atoms. The van der Waals surface area contributed by atoms with Crippen LogP contribution in [0.25, 0.3) is 11.0 Å². The van der Waals surface area contributed by atoms with Gasteiger partial charge in [-0.05, 0) is 82.2 Å². The van der Waals surface area contributed by atoms with E-state index in [4.69, 9.17) is 13.9 Å². The van der Waals surface area contributed by atoms with Crippen molar-refractivity contribution in [3.8, 4) is 5.75 Å². The van der Waals surface area contributed by atoms with Crippen LogP contribution in [0, 0.1) is 6.92 Å². The van der Waals surface area contributed by atoms with Crippen LogP contribution in [0.2, 0.25) is 0 Å². The van der Waals surface area contributed by atoms with Crippen molar-refractivity contribution in [2.75, 3.05) is 0 Å². The molecule has 0 fully saturated rings. The van der Waals surface area contributed by atoms with E-state index in [1.54, 1.807) is 57.2 Å². The molecule has 0 radical (unpaired) electrons. The average Bonchev–Trinajstić information content (AvgIpc) is 2.76. The summed E-state index contributed by atoms with van der Waals surface area (Å²) in [5.41, 5.74) is 2.19. The van der Waals surface area contributed by atoms with Crippen molar-refractivity contribution < 1.29 is 23.5 Å². The minimum Gasteiger partial charge on any atom is -0.444 e. The second-order valence-corrected chi connectivity index (χ2v) is 9.60. The van der Waals surface area contributed by atoms with Gasteiger partial charge >= 0.3 is 17.7 Å². The molecule has 1 atom stereocenters. The monoisotopic (exact) mass is 463 g/mol. The van der Waals surface area contributed by atoms with Crippen molar-refractivity contribution in [1.29, 1.82) is 0 Å². The molecule has 1 aliphatic rings. The van der Waals surface area contributed by atoms with Gasteiger partial charge in [0.15, 0.2) is 6.04 Å².